The van der Waals surface area contributed by atoms with Crippen molar-refractivity contribution in [3.8, 4) is 0 Å². The number of rotatable bonds is 6. The Morgan fingerprint density at radius 2 is 2.17 bits per heavy atom. The molecular formula is C14H18ClN2O4PS. The zero-order valence-electron chi connectivity index (χ0n) is 13.0. The Morgan fingerprint density at radius 1 is 1.39 bits per heavy atom. The standard InChI is InChI=1S/C14H18ClN2O4PS/c1-19-22(18,20-2)7-6-21-9-4-3-5-10-11(9)12-13(15)16-8-17-14(12)23-10/h8-9H,3-7H2,1-2H3. The van der Waals surface area contributed by atoms with Crippen LogP contribution in [0.4, 0.5) is 0 Å². The topological polar surface area (TPSA) is 70.5 Å². The van der Waals surface area contributed by atoms with Gasteiger partial charge in [0.1, 0.15) is 16.3 Å². The van der Waals surface area contributed by atoms with Crippen molar-refractivity contribution in [3.63, 3.8) is 0 Å². The molecule has 0 spiro atoms. The first-order chi connectivity index (χ1) is 11.1. The molecule has 0 aliphatic heterocycles. The van der Waals surface area contributed by atoms with E-state index in [9.17, 15) is 4.57 Å². The first-order valence-electron chi connectivity index (χ1n) is 7.32. The molecule has 2 aromatic heterocycles. The molecule has 0 N–H and O–H groups in total. The van der Waals surface area contributed by atoms with Crippen LogP contribution in [0.3, 0.4) is 0 Å². The summed E-state index contributed by atoms with van der Waals surface area (Å²) in [5, 5.41) is 1.35. The average molecular weight is 377 g/mol. The molecule has 0 fully saturated rings. The highest BCUT2D eigenvalue weighted by Gasteiger charge is 2.29. The number of fused-ring (bicyclic) bond motifs is 3. The molecular weight excluding hydrogens is 359 g/mol. The highest BCUT2D eigenvalue weighted by atomic mass is 35.5. The third-order valence-corrected chi connectivity index (χ3v) is 7.29. The minimum absolute atomic E-state index is 0.0850. The van der Waals surface area contributed by atoms with Crippen molar-refractivity contribution in [1.29, 1.82) is 0 Å². The minimum atomic E-state index is -3.05. The Labute approximate surface area is 143 Å². The summed E-state index contributed by atoms with van der Waals surface area (Å²) in [5.41, 5.74) is 1.09. The fourth-order valence-electron chi connectivity index (χ4n) is 2.81. The zero-order valence-corrected chi connectivity index (χ0v) is 15.4. The third kappa shape index (κ3) is 3.45. The van der Waals surface area contributed by atoms with E-state index in [2.05, 4.69) is 9.97 Å². The molecule has 1 aliphatic carbocycles. The molecule has 2 aromatic rings. The molecule has 126 valence electrons. The van der Waals surface area contributed by atoms with Crippen molar-refractivity contribution < 1.29 is 18.3 Å². The fraction of sp³-hybridized carbons (Fsp3) is 0.571. The summed E-state index contributed by atoms with van der Waals surface area (Å²) in [6.07, 6.45) is 4.56. The maximum Gasteiger partial charge on any atom is 0.332 e. The van der Waals surface area contributed by atoms with E-state index in [1.165, 1.54) is 25.4 Å². The normalized spacial score (nSPS) is 18.3. The largest absolute Gasteiger partial charge is 0.373 e. The van der Waals surface area contributed by atoms with Crippen LogP contribution in [0.1, 0.15) is 29.4 Å². The predicted molar refractivity (Wildman–Crippen MR) is 90.5 cm³/mol. The van der Waals surface area contributed by atoms with E-state index >= 15 is 0 Å². The quantitative estimate of drug-likeness (QED) is 0.555. The molecule has 1 aliphatic rings. The van der Waals surface area contributed by atoms with Crippen LogP contribution < -0.4 is 0 Å². The predicted octanol–water partition coefficient (Wildman–Crippen LogP) is 4.22. The first kappa shape index (κ1) is 17.3. The van der Waals surface area contributed by atoms with E-state index in [0.717, 1.165) is 35.0 Å². The van der Waals surface area contributed by atoms with Gasteiger partial charge in [0, 0.05) is 24.7 Å². The van der Waals surface area contributed by atoms with Crippen LogP contribution in [0.25, 0.3) is 10.2 Å². The summed E-state index contributed by atoms with van der Waals surface area (Å²) in [6.45, 7) is 0.297. The lowest BCUT2D eigenvalue weighted by Gasteiger charge is -2.24. The SMILES string of the molecule is COP(=O)(CCOC1CCCc2sc3ncnc(Cl)c3c21)OC. The molecule has 0 radical (unpaired) electrons. The summed E-state index contributed by atoms with van der Waals surface area (Å²) in [6, 6.07) is 0. The third-order valence-electron chi connectivity index (χ3n) is 3.99. The second-order valence-electron chi connectivity index (χ2n) is 5.23. The van der Waals surface area contributed by atoms with Gasteiger partial charge in [0.2, 0.25) is 0 Å². The number of aryl methyl sites for hydroxylation is 1. The van der Waals surface area contributed by atoms with Crippen molar-refractivity contribution in [1.82, 2.24) is 9.97 Å². The van der Waals surface area contributed by atoms with Crippen LogP contribution in [-0.2, 0) is 24.8 Å². The van der Waals surface area contributed by atoms with Gasteiger partial charge in [0.05, 0.1) is 24.3 Å². The van der Waals surface area contributed by atoms with Gasteiger partial charge in [-0.05, 0) is 19.3 Å². The number of halogens is 1. The molecule has 6 nitrogen and oxygen atoms in total. The molecule has 1 atom stereocenters. The highest BCUT2D eigenvalue weighted by molar-refractivity contribution is 7.53. The van der Waals surface area contributed by atoms with E-state index in [-0.39, 0.29) is 12.3 Å². The van der Waals surface area contributed by atoms with Gasteiger partial charge in [-0.1, -0.05) is 11.6 Å². The van der Waals surface area contributed by atoms with Crippen LogP contribution in [0.2, 0.25) is 5.15 Å². The number of hydrogen-bond donors (Lipinski definition) is 0. The van der Waals surface area contributed by atoms with E-state index in [1.807, 2.05) is 0 Å². The Balaban J connectivity index is 1.82. The van der Waals surface area contributed by atoms with Gasteiger partial charge >= 0.3 is 7.60 Å². The molecule has 0 saturated carbocycles. The lowest BCUT2D eigenvalue weighted by Crippen LogP contribution is -2.14. The molecule has 2 heterocycles. The second kappa shape index (κ2) is 7.13. The van der Waals surface area contributed by atoms with Crippen LogP contribution in [0, 0.1) is 0 Å². The fourth-order valence-corrected chi connectivity index (χ4v) is 5.18. The van der Waals surface area contributed by atoms with Crippen LogP contribution in [0.5, 0.6) is 0 Å². The maximum absolute atomic E-state index is 12.1. The van der Waals surface area contributed by atoms with Crippen LogP contribution in [0.15, 0.2) is 6.33 Å². The summed E-state index contributed by atoms with van der Waals surface area (Å²) >= 11 is 7.91. The monoisotopic (exact) mass is 376 g/mol. The van der Waals surface area contributed by atoms with Gasteiger partial charge in [0.25, 0.3) is 0 Å². The number of hydrogen-bond acceptors (Lipinski definition) is 7. The van der Waals surface area contributed by atoms with Crippen LogP contribution in [-0.4, -0.2) is 37.0 Å². The van der Waals surface area contributed by atoms with Gasteiger partial charge in [-0.3, -0.25) is 4.57 Å². The molecule has 0 saturated heterocycles. The molecule has 9 heteroatoms. The minimum Gasteiger partial charge on any atom is -0.373 e. The van der Waals surface area contributed by atoms with E-state index in [4.69, 9.17) is 25.4 Å². The molecule has 1 unspecified atom stereocenters. The summed E-state index contributed by atoms with van der Waals surface area (Å²) in [5.74, 6) is 0. The summed E-state index contributed by atoms with van der Waals surface area (Å²) < 4.78 is 28.0. The average Bonchev–Trinajstić information content (AvgIpc) is 2.95. The van der Waals surface area contributed by atoms with Crippen molar-refractivity contribution in [2.45, 2.75) is 25.4 Å². The van der Waals surface area contributed by atoms with Crippen LogP contribution >= 0.6 is 30.5 Å². The zero-order chi connectivity index (χ0) is 16.4. The maximum atomic E-state index is 12.1. The van der Waals surface area contributed by atoms with Gasteiger partial charge in [0.15, 0.2) is 0 Å². The second-order valence-corrected chi connectivity index (χ2v) is 9.08. The lowest BCUT2D eigenvalue weighted by atomic mass is 9.94. The highest BCUT2D eigenvalue weighted by Crippen LogP contribution is 2.47. The molecule has 0 aromatic carbocycles. The molecule has 23 heavy (non-hydrogen) atoms. The van der Waals surface area contributed by atoms with Crippen molar-refractivity contribution in [2.75, 3.05) is 27.0 Å². The van der Waals surface area contributed by atoms with Crippen molar-refractivity contribution in [3.05, 3.63) is 21.9 Å². The van der Waals surface area contributed by atoms with Crippen molar-refractivity contribution >= 4 is 40.8 Å². The van der Waals surface area contributed by atoms with Gasteiger partial charge in [-0.2, -0.15) is 0 Å². The van der Waals surface area contributed by atoms with E-state index < -0.39 is 7.60 Å². The number of thiophene rings is 1. The van der Waals surface area contributed by atoms with Crippen molar-refractivity contribution in [2.24, 2.45) is 0 Å². The van der Waals surface area contributed by atoms with Gasteiger partial charge in [-0.25, -0.2) is 9.97 Å². The molecule has 0 amide bonds. The Hall–Kier alpha value is -0.560. The Bertz CT molecular complexity index is 746. The molecule has 3 rings (SSSR count). The summed E-state index contributed by atoms with van der Waals surface area (Å²) in [7, 11) is -0.286. The van der Waals surface area contributed by atoms with Gasteiger partial charge < -0.3 is 13.8 Å². The summed E-state index contributed by atoms with van der Waals surface area (Å²) in [4.78, 5) is 10.5. The first-order valence-corrected chi connectivity index (χ1v) is 10.2. The number of ether oxygens (including phenoxy) is 1. The van der Waals surface area contributed by atoms with E-state index in [0.29, 0.717) is 11.8 Å². The number of aromatic nitrogens is 2. The Morgan fingerprint density at radius 3 is 2.91 bits per heavy atom. The van der Waals surface area contributed by atoms with E-state index in [1.54, 1.807) is 11.3 Å². The molecule has 0 bridgehead atoms. The smallest absolute Gasteiger partial charge is 0.332 e. The lowest BCUT2D eigenvalue weighted by molar-refractivity contribution is 0.0504. The van der Waals surface area contributed by atoms with Gasteiger partial charge in [-0.15, -0.1) is 11.3 Å². The Kier molecular flexibility index (Phi) is 5.35. The number of nitrogens with zero attached hydrogens (tertiary/aromatic N) is 2.